The Kier molecular flexibility index (Phi) is 6.04. The van der Waals surface area contributed by atoms with Gasteiger partial charge in [0.15, 0.2) is 0 Å². The van der Waals surface area contributed by atoms with Crippen LogP contribution in [0.15, 0.2) is 53.4 Å². The van der Waals surface area contributed by atoms with Gasteiger partial charge in [0.05, 0.1) is 22.7 Å². The van der Waals surface area contributed by atoms with Gasteiger partial charge < -0.3 is 5.32 Å². The van der Waals surface area contributed by atoms with Crippen molar-refractivity contribution in [1.29, 1.82) is 0 Å². The Morgan fingerprint density at radius 3 is 2.23 bits per heavy atom. The lowest BCUT2D eigenvalue weighted by atomic mass is 10.1. The van der Waals surface area contributed by atoms with Gasteiger partial charge in [-0.25, -0.2) is 13.1 Å². The molecule has 0 saturated carbocycles. The van der Waals surface area contributed by atoms with Crippen LogP contribution >= 0.6 is 0 Å². The van der Waals surface area contributed by atoms with Gasteiger partial charge in [-0.05, 0) is 36.2 Å². The molecule has 2 rings (SSSR count). The van der Waals surface area contributed by atoms with Gasteiger partial charge in [-0.3, -0.25) is 4.79 Å². The predicted octanol–water partition coefficient (Wildman–Crippen LogP) is 3.18. The maximum atomic E-state index is 12.9. The van der Waals surface area contributed by atoms with Crippen LogP contribution in [0.3, 0.4) is 0 Å². The largest absolute Gasteiger partial charge is 0.418 e. The van der Waals surface area contributed by atoms with Gasteiger partial charge in [0.25, 0.3) is 0 Å². The number of halogens is 3. The van der Waals surface area contributed by atoms with Gasteiger partial charge >= 0.3 is 6.18 Å². The van der Waals surface area contributed by atoms with E-state index in [1.165, 1.54) is 24.3 Å². The number of alkyl halides is 3. The fourth-order valence-corrected chi connectivity index (χ4v) is 3.16. The smallest absolute Gasteiger partial charge is 0.324 e. The molecule has 0 aliphatic carbocycles. The molecule has 2 aromatic rings. The summed E-state index contributed by atoms with van der Waals surface area (Å²) in [5.41, 5.74) is -0.492. The minimum atomic E-state index is -4.63. The zero-order valence-corrected chi connectivity index (χ0v) is 14.6. The van der Waals surface area contributed by atoms with Crippen LogP contribution in [0.25, 0.3) is 0 Å². The van der Waals surface area contributed by atoms with Gasteiger partial charge in [0.1, 0.15) is 0 Å². The molecular weight excluding hydrogens is 369 g/mol. The summed E-state index contributed by atoms with van der Waals surface area (Å²) in [5, 5.41) is 2.07. The molecule has 0 bridgehead atoms. The monoisotopic (exact) mass is 386 g/mol. The minimum absolute atomic E-state index is 0.0295. The molecule has 0 aliphatic rings. The normalized spacial score (nSPS) is 12.0. The molecule has 0 aromatic heterocycles. The first-order valence-electron chi connectivity index (χ1n) is 7.68. The third kappa shape index (κ3) is 5.06. The van der Waals surface area contributed by atoms with Gasteiger partial charge in [-0.1, -0.05) is 31.2 Å². The van der Waals surface area contributed by atoms with Crippen molar-refractivity contribution in [2.45, 2.75) is 24.4 Å². The lowest BCUT2D eigenvalue weighted by Gasteiger charge is -2.14. The van der Waals surface area contributed by atoms with Crippen molar-refractivity contribution >= 4 is 21.6 Å². The molecule has 2 N–H and O–H groups in total. The third-order valence-corrected chi connectivity index (χ3v) is 4.99. The highest BCUT2D eigenvalue weighted by molar-refractivity contribution is 7.89. The van der Waals surface area contributed by atoms with E-state index in [0.29, 0.717) is 0 Å². The summed E-state index contributed by atoms with van der Waals surface area (Å²) in [6.45, 7) is 1.23. The Hall–Kier alpha value is -2.39. The van der Waals surface area contributed by atoms with E-state index >= 15 is 0 Å². The zero-order valence-electron chi connectivity index (χ0n) is 13.8. The molecule has 0 radical (unpaired) electrons. The number of aryl methyl sites for hydroxylation is 1. The molecule has 1 amide bonds. The highest BCUT2D eigenvalue weighted by atomic mass is 32.2. The Morgan fingerprint density at radius 2 is 1.65 bits per heavy atom. The van der Waals surface area contributed by atoms with Crippen molar-refractivity contribution in [1.82, 2.24) is 4.72 Å². The first-order chi connectivity index (χ1) is 12.1. The SMILES string of the molecule is CCc1ccc(S(=O)(=O)NCC(=O)Nc2ccccc2C(F)(F)F)cc1. The second-order valence-electron chi connectivity index (χ2n) is 5.41. The Labute approximate surface area is 149 Å². The molecular formula is C17H17F3N2O3S. The molecule has 0 unspecified atom stereocenters. The highest BCUT2D eigenvalue weighted by Gasteiger charge is 2.33. The molecule has 0 aliphatic heterocycles. The van der Waals surface area contributed by atoms with E-state index in [9.17, 15) is 26.4 Å². The molecule has 0 heterocycles. The summed E-state index contributed by atoms with van der Waals surface area (Å²) < 4.78 is 65.0. The molecule has 0 spiro atoms. The lowest BCUT2D eigenvalue weighted by Crippen LogP contribution is -2.33. The number of rotatable bonds is 6. The molecule has 140 valence electrons. The average Bonchev–Trinajstić information content (AvgIpc) is 2.60. The number of sulfonamides is 1. The van der Waals surface area contributed by atoms with E-state index in [1.54, 1.807) is 12.1 Å². The summed E-state index contributed by atoms with van der Waals surface area (Å²) >= 11 is 0. The number of carbonyl (C=O) groups excluding carboxylic acids is 1. The molecule has 2 aromatic carbocycles. The number of benzene rings is 2. The second-order valence-corrected chi connectivity index (χ2v) is 7.18. The molecule has 26 heavy (non-hydrogen) atoms. The topological polar surface area (TPSA) is 75.3 Å². The van der Waals surface area contributed by atoms with Gasteiger partial charge in [-0.15, -0.1) is 0 Å². The average molecular weight is 386 g/mol. The number of hydrogen-bond donors (Lipinski definition) is 2. The fourth-order valence-electron chi connectivity index (χ4n) is 2.18. The highest BCUT2D eigenvalue weighted by Crippen LogP contribution is 2.34. The van der Waals surface area contributed by atoms with Gasteiger partial charge in [0.2, 0.25) is 15.9 Å². The van der Waals surface area contributed by atoms with E-state index < -0.39 is 39.9 Å². The minimum Gasteiger partial charge on any atom is -0.324 e. The van der Waals surface area contributed by atoms with Gasteiger partial charge in [-0.2, -0.15) is 13.2 Å². The van der Waals surface area contributed by atoms with Crippen molar-refractivity contribution in [2.24, 2.45) is 0 Å². The van der Waals surface area contributed by atoms with Crippen LogP contribution in [-0.4, -0.2) is 20.9 Å². The van der Waals surface area contributed by atoms with E-state index in [0.717, 1.165) is 24.1 Å². The molecule has 5 nitrogen and oxygen atoms in total. The number of carbonyl (C=O) groups is 1. The quantitative estimate of drug-likeness (QED) is 0.801. The number of nitrogens with one attached hydrogen (secondary N) is 2. The van der Waals surface area contributed by atoms with Crippen LogP contribution in [0.5, 0.6) is 0 Å². The van der Waals surface area contributed by atoms with E-state index in [2.05, 4.69) is 10.0 Å². The van der Waals surface area contributed by atoms with Crippen LogP contribution < -0.4 is 10.0 Å². The van der Waals surface area contributed by atoms with Crippen LogP contribution in [0.1, 0.15) is 18.1 Å². The van der Waals surface area contributed by atoms with Crippen LogP contribution in [0.4, 0.5) is 18.9 Å². The van der Waals surface area contributed by atoms with Crippen LogP contribution in [-0.2, 0) is 27.4 Å². The predicted molar refractivity (Wildman–Crippen MR) is 91.1 cm³/mol. The van der Waals surface area contributed by atoms with Crippen LogP contribution in [0.2, 0.25) is 0 Å². The number of amides is 1. The summed E-state index contributed by atoms with van der Waals surface area (Å²) in [6.07, 6.45) is -3.89. The third-order valence-electron chi connectivity index (χ3n) is 3.57. The second kappa shape index (κ2) is 7.88. The van der Waals surface area contributed by atoms with Crippen molar-refractivity contribution in [3.05, 3.63) is 59.7 Å². The summed E-state index contributed by atoms with van der Waals surface area (Å²) in [7, 11) is -3.94. The number of hydrogen-bond acceptors (Lipinski definition) is 3. The maximum absolute atomic E-state index is 12.9. The van der Waals surface area contributed by atoms with E-state index in [-0.39, 0.29) is 4.90 Å². The molecule has 9 heteroatoms. The Morgan fingerprint density at radius 1 is 1.04 bits per heavy atom. The summed E-state index contributed by atoms with van der Waals surface area (Å²) in [5.74, 6) is -0.907. The summed E-state index contributed by atoms with van der Waals surface area (Å²) in [4.78, 5) is 11.8. The van der Waals surface area contributed by atoms with E-state index in [1.807, 2.05) is 6.92 Å². The van der Waals surface area contributed by atoms with E-state index in [4.69, 9.17) is 0 Å². The molecule has 0 saturated heterocycles. The Bertz CT molecular complexity index is 879. The number of para-hydroxylation sites is 1. The first kappa shape index (κ1) is 19.9. The molecule has 0 atom stereocenters. The summed E-state index contributed by atoms with van der Waals surface area (Å²) in [6, 6.07) is 10.6. The lowest BCUT2D eigenvalue weighted by molar-refractivity contribution is -0.137. The first-order valence-corrected chi connectivity index (χ1v) is 9.16. The zero-order chi connectivity index (χ0) is 19.4. The van der Waals surface area contributed by atoms with Gasteiger partial charge in [0, 0.05) is 0 Å². The van der Waals surface area contributed by atoms with Crippen molar-refractivity contribution in [2.75, 3.05) is 11.9 Å². The maximum Gasteiger partial charge on any atom is 0.418 e. The fraction of sp³-hybridized carbons (Fsp3) is 0.235. The standard InChI is InChI=1S/C17H17F3N2O3S/c1-2-12-7-9-13(10-8-12)26(24,25)21-11-16(23)22-15-6-4-3-5-14(15)17(18,19)20/h3-10,21H,2,11H2,1H3,(H,22,23). The molecule has 0 fully saturated rings. The van der Waals surface area contributed by atoms with Crippen molar-refractivity contribution in [3.8, 4) is 0 Å². The number of anilines is 1. The van der Waals surface area contributed by atoms with Crippen LogP contribution in [0, 0.1) is 0 Å². The Balaban J connectivity index is 2.05. The van der Waals surface area contributed by atoms with Crippen molar-refractivity contribution in [3.63, 3.8) is 0 Å². The van der Waals surface area contributed by atoms with Crippen molar-refractivity contribution < 1.29 is 26.4 Å².